The van der Waals surface area contributed by atoms with Gasteiger partial charge in [0.05, 0.1) is 12.8 Å². The average molecular weight is 260 g/mol. The van der Waals surface area contributed by atoms with Gasteiger partial charge in [-0.1, -0.05) is 6.92 Å². The van der Waals surface area contributed by atoms with Crippen LogP contribution in [0.1, 0.15) is 30.8 Å². The Kier molecular flexibility index (Phi) is 3.64. The van der Waals surface area contributed by atoms with Crippen LogP contribution in [0.2, 0.25) is 0 Å². The van der Waals surface area contributed by atoms with Crippen molar-refractivity contribution in [3.05, 3.63) is 35.8 Å². The van der Waals surface area contributed by atoms with Gasteiger partial charge < -0.3 is 14.3 Å². The molecule has 5 nitrogen and oxygen atoms in total. The molecule has 5 heteroatoms. The van der Waals surface area contributed by atoms with E-state index >= 15 is 0 Å². The van der Waals surface area contributed by atoms with Crippen molar-refractivity contribution in [1.82, 2.24) is 20.1 Å². The second kappa shape index (κ2) is 5.57. The van der Waals surface area contributed by atoms with Gasteiger partial charge in [0.25, 0.3) is 0 Å². The summed E-state index contributed by atoms with van der Waals surface area (Å²) in [5.41, 5.74) is 0. The summed E-state index contributed by atoms with van der Waals surface area (Å²) in [4.78, 5) is 0. The van der Waals surface area contributed by atoms with Crippen LogP contribution in [0.25, 0.3) is 0 Å². The van der Waals surface area contributed by atoms with Gasteiger partial charge in [-0.2, -0.15) is 0 Å². The van der Waals surface area contributed by atoms with Gasteiger partial charge in [-0.25, -0.2) is 0 Å². The van der Waals surface area contributed by atoms with Crippen molar-refractivity contribution in [3.63, 3.8) is 0 Å². The maximum absolute atomic E-state index is 5.32. The molecule has 0 aliphatic carbocycles. The van der Waals surface area contributed by atoms with E-state index in [0.717, 1.165) is 49.9 Å². The van der Waals surface area contributed by atoms with Crippen LogP contribution < -0.4 is 5.32 Å². The van der Waals surface area contributed by atoms with Gasteiger partial charge in [-0.15, -0.1) is 10.2 Å². The Morgan fingerprint density at radius 2 is 2.42 bits per heavy atom. The fourth-order valence-corrected chi connectivity index (χ4v) is 2.69. The summed E-state index contributed by atoms with van der Waals surface area (Å²) in [5.74, 6) is 3.92. The molecule has 1 atom stereocenters. The first-order valence-corrected chi connectivity index (χ1v) is 7.01. The standard InChI is InChI=1S/C14H20N4O/c1-2-13-16-17-14-6-5-11(10-18(13)14)8-15-9-12-4-3-7-19-12/h3-4,7,11,15H,2,5-6,8-10H2,1H3. The third-order valence-electron chi connectivity index (χ3n) is 3.75. The summed E-state index contributed by atoms with van der Waals surface area (Å²) in [5, 5.41) is 12.0. The molecule has 102 valence electrons. The van der Waals surface area contributed by atoms with Crippen molar-refractivity contribution in [2.75, 3.05) is 6.54 Å². The predicted molar refractivity (Wildman–Crippen MR) is 71.6 cm³/mol. The zero-order valence-corrected chi connectivity index (χ0v) is 11.3. The van der Waals surface area contributed by atoms with E-state index in [1.54, 1.807) is 6.26 Å². The third kappa shape index (κ3) is 2.71. The Balaban J connectivity index is 1.53. The Labute approximate surface area is 113 Å². The molecule has 2 aromatic heterocycles. The van der Waals surface area contributed by atoms with Crippen LogP contribution in [0.3, 0.4) is 0 Å². The maximum Gasteiger partial charge on any atom is 0.133 e. The quantitative estimate of drug-likeness (QED) is 0.890. The normalized spacial score (nSPS) is 18.5. The highest BCUT2D eigenvalue weighted by Crippen LogP contribution is 2.19. The lowest BCUT2D eigenvalue weighted by Gasteiger charge is -2.24. The van der Waals surface area contributed by atoms with Gasteiger partial charge in [-0.3, -0.25) is 0 Å². The highest BCUT2D eigenvalue weighted by Gasteiger charge is 2.21. The molecular formula is C14H20N4O. The molecule has 0 saturated carbocycles. The number of furan rings is 1. The number of fused-ring (bicyclic) bond motifs is 1. The molecule has 0 fully saturated rings. The molecule has 3 rings (SSSR count). The molecule has 0 bridgehead atoms. The van der Waals surface area contributed by atoms with E-state index < -0.39 is 0 Å². The molecule has 1 aliphatic rings. The summed E-state index contributed by atoms with van der Waals surface area (Å²) in [6.07, 6.45) is 4.90. The Morgan fingerprint density at radius 1 is 1.47 bits per heavy atom. The number of nitrogens with one attached hydrogen (secondary N) is 1. The minimum Gasteiger partial charge on any atom is -0.468 e. The number of aryl methyl sites for hydroxylation is 2. The predicted octanol–water partition coefficient (Wildman–Crippen LogP) is 1.79. The van der Waals surface area contributed by atoms with E-state index in [1.165, 1.54) is 6.42 Å². The number of nitrogens with zero attached hydrogens (tertiary/aromatic N) is 3. The molecule has 0 radical (unpaired) electrons. The summed E-state index contributed by atoms with van der Waals surface area (Å²) in [7, 11) is 0. The molecule has 19 heavy (non-hydrogen) atoms. The Hall–Kier alpha value is -1.62. The van der Waals surface area contributed by atoms with Gasteiger partial charge in [-0.05, 0) is 24.5 Å². The average Bonchev–Trinajstić information content (AvgIpc) is 3.07. The number of hydrogen-bond donors (Lipinski definition) is 1. The molecule has 0 amide bonds. The Bertz CT molecular complexity index is 504. The summed E-state index contributed by atoms with van der Waals surface area (Å²) in [6.45, 7) is 4.99. The SMILES string of the molecule is CCc1nnc2n1CC(CNCc1ccco1)CC2. The van der Waals surface area contributed by atoms with Gasteiger partial charge in [0.15, 0.2) is 0 Å². The lowest BCUT2D eigenvalue weighted by atomic mass is 9.99. The molecule has 1 N–H and O–H groups in total. The van der Waals surface area contributed by atoms with Gasteiger partial charge in [0, 0.05) is 25.9 Å². The van der Waals surface area contributed by atoms with E-state index in [4.69, 9.17) is 4.42 Å². The van der Waals surface area contributed by atoms with E-state index in [9.17, 15) is 0 Å². The number of rotatable bonds is 5. The highest BCUT2D eigenvalue weighted by molar-refractivity contribution is 5.00. The van der Waals surface area contributed by atoms with Gasteiger partial charge in [0.1, 0.15) is 17.4 Å². The van der Waals surface area contributed by atoms with Crippen LogP contribution >= 0.6 is 0 Å². The first-order chi connectivity index (χ1) is 9.36. The Morgan fingerprint density at radius 3 is 3.21 bits per heavy atom. The first-order valence-electron chi connectivity index (χ1n) is 7.01. The number of aromatic nitrogens is 3. The molecule has 3 heterocycles. The van der Waals surface area contributed by atoms with Crippen molar-refractivity contribution in [2.45, 2.75) is 39.3 Å². The van der Waals surface area contributed by atoms with E-state index in [1.807, 2.05) is 12.1 Å². The zero-order valence-electron chi connectivity index (χ0n) is 11.3. The molecule has 2 aromatic rings. The monoisotopic (exact) mass is 260 g/mol. The van der Waals surface area contributed by atoms with Gasteiger partial charge >= 0.3 is 0 Å². The number of hydrogen-bond acceptors (Lipinski definition) is 4. The van der Waals surface area contributed by atoms with Crippen molar-refractivity contribution >= 4 is 0 Å². The summed E-state index contributed by atoms with van der Waals surface area (Å²) >= 11 is 0. The molecule has 1 aliphatic heterocycles. The fraction of sp³-hybridized carbons (Fsp3) is 0.571. The minimum atomic E-state index is 0.656. The highest BCUT2D eigenvalue weighted by atomic mass is 16.3. The largest absolute Gasteiger partial charge is 0.468 e. The molecule has 1 unspecified atom stereocenters. The lowest BCUT2D eigenvalue weighted by Crippen LogP contribution is -2.30. The smallest absolute Gasteiger partial charge is 0.133 e. The summed E-state index contributed by atoms with van der Waals surface area (Å²) < 4.78 is 7.61. The van der Waals surface area contributed by atoms with E-state index in [0.29, 0.717) is 5.92 Å². The second-order valence-corrected chi connectivity index (χ2v) is 5.11. The lowest BCUT2D eigenvalue weighted by molar-refractivity contribution is 0.337. The van der Waals surface area contributed by atoms with Crippen LogP contribution in [0.5, 0.6) is 0 Å². The topological polar surface area (TPSA) is 55.9 Å². The molecule has 0 saturated heterocycles. The van der Waals surface area contributed by atoms with Crippen molar-refractivity contribution < 1.29 is 4.42 Å². The molecule has 0 spiro atoms. The summed E-state index contributed by atoms with van der Waals surface area (Å²) in [6, 6.07) is 3.93. The van der Waals surface area contributed by atoms with Crippen molar-refractivity contribution in [2.24, 2.45) is 5.92 Å². The van der Waals surface area contributed by atoms with Gasteiger partial charge in [0.2, 0.25) is 0 Å². The third-order valence-corrected chi connectivity index (χ3v) is 3.75. The van der Waals surface area contributed by atoms with Crippen LogP contribution in [0.15, 0.2) is 22.8 Å². The van der Waals surface area contributed by atoms with Crippen molar-refractivity contribution in [1.29, 1.82) is 0 Å². The van der Waals surface area contributed by atoms with Crippen LogP contribution in [0.4, 0.5) is 0 Å². The fourth-order valence-electron chi connectivity index (χ4n) is 2.69. The van der Waals surface area contributed by atoms with Crippen molar-refractivity contribution in [3.8, 4) is 0 Å². The molecule has 0 aromatic carbocycles. The first kappa shape index (κ1) is 12.4. The maximum atomic E-state index is 5.32. The van der Waals surface area contributed by atoms with Crippen LogP contribution in [-0.2, 0) is 25.9 Å². The molecular weight excluding hydrogens is 240 g/mol. The second-order valence-electron chi connectivity index (χ2n) is 5.11. The van der Waals surface area contributed by atoms with E-state index in [-0.39, 0.29) is 0 Å². The minimum absolute atomic E-state index is 0.656. The van der Waals surface area contributed by atoms with Crippen LogP contribution in [0, 0.1) is 5.92 Å². The van der Waals surface area contributed by atoms with E-state index in [2.05, 4.69) is 27.0 Å². The zero-order chi connectivity index (χ0) is 13.1. The van der Waals surface area contributed by atoms with Crippen LogP contribution in [-0.4, -0.2) is 21.3 Å².